The summed E-state index contributed by atoms with van der Waals surface area (Å²) < 4.78 is 1.41. The van der Waals surface area contributed by atoms with Gasteiger partial charge in [0, 0.05) is 19.2 Å². The molecule has 3 aromatic rings. The van der Waals surface area contributed by atoms with Gasteiger partial charge >= 0.3 is 6.09 Å². The molecule has 8 heteroatoms. The van der Waals surface area contributed by atoms with Crippen LogP contribution in [0.1, 0.15) is 5.82 Å². The van der Waals surface area contributed by atoms with Gasteiger partial charge in [0.1, 0.15) is 5.82 Å². The molecular formula is C16H13ClN4O3. The number of hydrogen-bond acceptors (Lipinski definition) is 4. The number of carboxylic acid groups (broad SMARTS) is 1. The summed E-state index contributed by atoms with van der Waals surface area (Å²) >= 11 is 6.16. The third-order valence-corrected chi connectivity index (χ3v) is 3.76. The number of halogens is 1. The van der Waals surface area contributed by atoms with Crippen molar-refractivity contribution in [3.05, 3.63) is 63.9 Å². The van der Waals surface area contributed by atoms with Crippen molar-refractivity contribution in [2.75, 3.05) is 6.54 Å². The first-order valence-electron chi connectivity index (χ1n) is 7.15. The summed E-state index contributed by atoms with van der Waals surface area (Å²) in [6.07, 6.45) is 2.26. The predicted molar refractivity (Wildman–Crippen MR) is 89.9 cm³/mol. The first kappa shape index (κ1) is 15.9. The molecular weight excluding hydrogens is 332 g/mol. The Morgan fingerprint density at radius 1 is 1.29 bits per heavy atom. The average Bonchev–Trinajstić information content (AvgIpc) is 2.55. The Hall–Kier alpha value is -2.93. The van der Waals surface area contributed by atoms with Crippen LogP contribution in [-0.2, 0) is 6.42 Å². The summed E-state index contributed by atoms with van der Waals surface area (Å²) in [5.74, 6) is 0.427. The van der Waals surface area contributed by atoms with Crippen LogP contribution in [0.15, 0.2) is 47.5 Å². The van der Waals surface area contributed by atoms with E-state index in [1.807, 2.05) is 0 Å². The molecule has 2 heterocycles. The molecule has 3 rings (SSSR count). The smallest absolute Gasteiger partial charge is 0.404 e. The highest BCUT2D eigenvalue weighted by atomic mass is 35.5. The molecule has 24 heavy (non-hydrogen) atoms. The lowest BCUT2D eigenvalue weighted by Crippen LogP contribution is -2.29. The molecule has 0 fully saturated rings. The Morgan fingerprint density at radius 2 is 2.12 bits per heavy atom. The summed E-state index contributed by atoms with van der Waals surface area (Å²) in [7, 11) is 0. The zero-order valence-electron chi connectivity index (χ0n) is 12.4. The molecule has 0 aliphatic carbocycles. The molecule has 0 saturated heterocycles. The van der Waals surface area contributed by atoms with Crippen molar-refractivity contribution in [2.24, 2.45) is 0 Å². The van der Waals surface area contributed by atoms with Gasteiger partial charge in [-0.2, -0.15) is 0 Å². The summed E-state index contributed by atoms with van der Waals surface area (Å²) in [4.78, 5) is 32.1. The van der Waals surface area contributed by atoms with E-state index >= 15 is 0 Å². The molecule has 1 amide bonds. The lowest BCUT2D eigenvalue weighted by Gasteiger charge is -2.13. The number of amides is 1. The van der Waals surface area contributed by atoms with Gasteiger partial charge in [-0.1, -0.05) is 17.7 Å². The summed E-state index contributed by atoms with van der Waals surface area (Å²) in [5, 5.41) is 11.6. The highest BCUT2D eigenvalue weighted by molar-refractivity contribution is 6.35. The van der Waals surface area contributed by atoms with Crippen LogP contribution in [0.4, 0.5) is 4.79 Å². The molecule has 0 spiro atoms. The zero-order chi connectivity index (χ0) is 17.1. The third kappa shape index (κ3) is 3.07. The van der Waals surface area contributed by atoms with Crippen LogP contribution in [0.3, 0.4) is 0 Å². The van der Waals surface area contributed by atoms with Gasteiger partial charge in [-0.15, -0.1) is 0 Å². The Balaban J connectivity index is 2.21. The largest absolute Gasteiger partial charge is 0.465 e. The van der Waals surface area contributed by atoms with Gasteiger partial charge in [0.15, 0.2) is 0 Å². The van der Waals surface area contributed by atoms with Gasteiger partial charge in [-0.05, 0) is 24.3 Å². The Labute approximate surface area is 141 Å². The van der Waals surface area contributed by atoms with Crippen molar-refractivity contribution < 1.29 is 9.90 Å². The van der Waals surface area contributed by atoms with Crippen LogP contribution in [0.2, 0.25) is 5.02 Å². The van der Waals surface area contributed by atoms with Gasteiger partial charge in [-0.3, -0.25) is 14.3 Å². The summed E-state index contributed by atoms with van der Waals surface area (Å²) in [6.45, 7) is 0.133. The lowest BCUT2D eigenvalue weighted by molar-refractivity contribution is 0.194. The SMILES string of the molecule is O=C(O)NCCc1nc2cccc(Cl)c2c(=O)n1-c1cccnc1. The topological polar surface area (TPSA) is 97.1 Å². The van der Waals surface area contributed by atoms with Crippen LogP contribution in [0, 0.1) is 0 Å². The minimum atomic E-state index is -1.13. The normalized spacial score (nSPS) is 10.7. The van der Waals surface area contributed by atoms with Crippen LogP contribution >= 0.6 is 11.6 Å². The predicted octanol–water partition coefficient (Wildman–Crippen LogP) is 2.24. The van der Waals surface area contributed by atoms with Gasteiger partial charge in [0.2, 0.25) is 0 Å². The molecule has 0 bridgehead atoms. The van der Waals surface area contributed by atoms with E-state index in [1.54, 1.807) is 42.7 Å². The van der Waals surface area contributed by atoms with Crippen LogP contribution < -0.4 is 10.9 Å². The molecule has 0 atom stereocenters. The molecule has 0 aliphatic heterocycles. The van der Waals surface area contributed by atoms with Gasteiger partial charge in [-0.25, -0.2) is 9.78 Å². The number of nitrogens with zero attached hydrogens (tertiary/aromatic N) is 3. The number of fused-ring (bicyclic) bond motifs is 1. The van der Waals surface area contributed by atoms with Crippen molar-refractivity contribution in [1.82, 2.24) is 19.9 Å². The summed E-state index contributed by atoms with van der Waals surface area (Å²) in [5.41, 5.74) is 0.698. The van der Waals surface area contributed by atoms with Crippen LogP contribution in [-0.4, -0.2) is 32.3 Å². The van der Waals surface area contributed by atoms with Gasteiger partial charge < -0.3 is 10.4 Å². The maximum absolute atomic E-state index is 12.9. The number of aromatic nitrogens is 3. The number of carbonyl (C=O) groups is 1. The molecule has 2 aromatic heterocycles. The minimum Gasteiger partial charge on any atom is -0.465 e. The molecule has 0 saturated carbocycles. The van der Waals surface area contributed by atoms with Gasteiger partial charge in [0.05, 0.1) is 27.8 Å². The highest BCUT2D eigenvalue weighted by Gasteiger charge is 2.15. The van der Waals surface area contributed by atoms with E-state index in [4.69, 9.17) is 16.7 Å². The first-order chi connectivity index (χ1) is 11.6. The molecule has 2 N–H and O–H groups in total. The molecule has 0 radical (unpaired) electrons. The number of hydrogen-bond donors (Lipinski definition) is 2. The van der Waals surface area contributed by atoms with Crippen molar-refractivity contribution in [3.8, 4) is 5.69 Å². The van der Waals surface area contributed by atoms with Gasteiger partial charge in [0.25, 0.3) is 5.56 Å². The van der Waals surface area contributed by atoms with E-state index in [0.29, 0.717) is 27.4 Å². The van der Waals surface area contributed by atoms with Crippen LogP contribution in [0.25, 0.3) is 16.6 Å². The van der Waals surface area contributed by atoms with E-state index < -0.39 is 6.09 Å². The maximum atomic E-state index is 12.9. The molecule has 0 unspecified atom stereocenters. The number of benzene rings is 1. The standard InChI is InChI=1S/C16H13ClN4O3/c17-11-4-1-5-12-14(11)15(22)21(10-3-2-7-18-9-10)13(20-12)6-8-19-16(23)24/h1-5,7,9,19H,6,8H2,(H,23,24). The molecule has 0 aliphatic rings. The van der Waals surface area contributed by atoms with Crippen molar-refractivity contribution in [3.63, 3.8) is 0 Å². The van der Waals surface area contributed by atoms with Crippen molar-refractivity contribution in [1.29, 1.82) is 0 Å². The van der Waals surface area contributed by atoms with Crippen molar-refractivity contribution in [2.45, 2.75) is 6.42 Å². The van der Waals surface area contributed by atoms with E-state index in [9.17, 15) is 9.59 Å². The van der Waals surface area contributed by atoms with E-state index in [2.05, 4.69) is 15.3 Å². The fourth-order valence-electron chi connectivity index (χ4n) is 2.44. The Bertz CT molecular complexity index is 957. The fraction of sp³-hybridized carbons (Fsp3) is 0.125. The average molecular weight is 345 g/mol. The monoisotopic (exact) mass is 344 g/mol. The molecule has 122 valence electrons. The lowest BCUT2D eigenvalue weighted by atomic mass is 10.2. The second kappa shape index (κ2) is 6.67. The second-order valence-electron chi connectivity index (χ2n) is 5.00. The maximum Gasteiger partial charge on any atom is 0.404 e. The number of rotatable bonds is 4. The number of nitrogens with one attached hydrogen (secondary N) is 1. The highest BCUT2D eigenvalue weighted by Crippen LogP contribution is 2.20. The quantitative estimate of drug-likeness (QED) is 0.756. The number of pyridine rings is 1. The molecule has 7 nitrogen and oxygen atoms in total. The zero-order valence-corrected chi connectivity index (χ0v) is 13.2. The van der Waals surface area contributed by atoms with E-state index in [0.717, 1.165) is 0 Å². The summed E-state index contributed by atoms with van der Waals surface area (Å²) in [6, 6.07) is 8.48. The minimum absolute atomic E-state index is 0.133. The van der Waals surface area contributed by atoms with E-state index in [-0.39, 0.29) is 18.5 Å². The Morgan fingerprint density at radius 3 is 2.83 bits per heavy atom. The molecule has 1 aromatic carbocycles. The Kier molecular flexibility index (Phi) is 4.43. The van der Waals surface area contributed by atoms with Crippen molar-refractivity contribution >= 4 is 28.6 Å². The fourth-order valence-corrected chi connectivity index (χ4v) is 2.69. The second-order valence-corrected chi connectivity index (χ2v) is 5.40. The third-order valence-electron chi connectivity index (χ3n) is 3.45. The van der Waals surface area contributed by atoms with Crippen LogP contribution in [0.5, 0.6) is 0 Å². The first-order valence-corrected chi connectivity index (χ1v) is 7.53. The van der Waals surface area contributed by atoms with E-state index in [1.165, 1.54) is 4.57 Å².